The molecule has 0 saturated carbocycles. The third kappa shape index (κ3) is 5.06. The molecule has 1 N–H and O–H groups in total. The molecule has 1 aliphatic heterocycles. The van der Waals surface area contributed by atoms with Crippen LogP contribution in [0.3, 0.4) is 0 Å². The van der Waals surface area contributed by atoms with Crippen molar-refractivity contribution < 1.29 is 14.3 Å². The molecule has 1 fully saturated rings. The average molecular weight is 462 g/mol. The standard InChI is InChI=1S/C26H31N5O3/c1-17-12-19(3)23(13-18(17)2)24-6-7-25(29-28-24)30-8-10-31(11-9-30)26(32)27-20-14-21(33-4)16-22(15-20)34-5/h6-7,12-16H,8-11H2,1-5H3,(H,27,32). The highest BCUT2D eigenvalue weighted by molar-refractivity contribution is 5.90. The van der Waals surface area contributed by atoms with Gasteiger partial charge in [-0.1, -0.05) is 6.07 Å². The van der Waals surface area contributed by atoms with Gasteiger partial charge in [0.1, 0.15) is 11.5 Å². The molecule has 8 nitrogen and oxygen atoms in total. The summed E-state index contributed by atoms with van der Waals surface area (Å²) >= 11 is 0. The first-order valence-electron chi connectivity index (χ1n) is 11.3. The van der Waals surface area contributed by atoms with E-state index in [0.29, 0.717) is 43.4 Å². The number of ether oxygens (including phenoxy) is 2. The number of amides is 2. The summed E-state index contributed by atoms with van der Waals surface area (Å²) in [5, 5.41) is 11.9. The van der Waals surface area contributed by atoms with Crippen LogP contribution in [0.2, 0.25) is 0 Å². The minimum atomic E-state index is -0.151. The number of nitrogens with one attached hydrogen (secondary N) is 1. The number of benzene rings is 2. The lowest BCUT2D eigenvalue weighted by molar-refractivity contribution is 0.208. The number of rotatable bonds is 5. The number of piperazine rings is 1. The van der Waals surface area contributed by atoms with E-state index in [1.165, 1.54) is 16.7 Å². The molecule has 2 heterocycles. The van der Waals surface area contributed by atoms with Gasteiger partial charge in [0.2, 0.25) is 0 Å². The summed E-state index contributed by atoms with van der Waals surface area (Å²) < 4.78 is 10.6. The first-order valence-corrected chi connectivity index (χ1v) is 11.3. The van der Waals surface area contributed by atoms with E-state index in [-0.39, 0.29) is 6.03 Å². The molecule has 1 saturated heterocycles. The van der Waals surface area contributed by atoms with Crippen LogP contribution in [0, 0.1) is 20.8 Å². The van der Waals surface area contributed by atoms with E-state index >= 15 is 0 Å². The Morgan fingerprint density at radius 2 is 1.47 bits per heavy atom. The van der Waals surface area contributed by atoms with Crippen molar-refractivity contribution in [2.75, 3.05) is 50.6 Å². The Balaban J connectivity index is 1.37. The third-order valence-electron chi connectivity index (χ3n) is 6.26. The number of hydrogen-bond acceptors (Lipinski definition) is 6. The molecule has 2 amide bonds. The minimum Gasteiger partial charge on any atom is -0.497 e. The largest absolute Gasteiger partial charge is 0.497 e. The van der Waals surface area contributed by atoms with Crippen molar-refractivity contribution in [3.8, 4) is 22.8 Å². The summed E-state index contributed by atoms with van der Waals surface area (Å²) in [5.41, 5.74) is 6.32. The monoisotopic (exact) mass is 461 g/mol. The van der Waals surface area contributed by atoms with Crippen molar-refractivity contribution in [3.63, 3.8) is 0 Å². The molecular formula is C26H31N5O3. The van der Waals surface area contributed by atoms with E-state index in [2.05, 4.69) is 53.3 Å². The Morgan fingerprint density at radius 1 is 0.824 bits per heavy atom. The summed E-state index contributed by atoms with van der Waals surface area (Å²) in [7, 11) is 3.16. The number of methoxy groups -OCH3 is 2. The van der Waals surface area contributed by atoms with Crippen LogP contribution in [0.1, 0.15) is 16.7 Å². The van der Waals surface area contributed by atoms with Gasteiger partial charge in [-0.05, 0) is 55.7 Å². The van der Waals surface area contributed by atoms with Crippen LogP contribution in [-0.4, -0.2) is 61.5 Å². The Kier molecular flexibility index (Phi) is 6.86. The Labute approximate surface area is 200 Å². The van der Waals surface area contributed by atoms with Gasteiger partial charge in [0, 0.05) is 55.6 Å². The van der Waals surface area contributed by atoms with Crippen LogP contribution in [0.5, 0.6) is 11.5 Å². The maximum Gasteiger partial charge on any atom is 0.321 e. The predicted molar refractivity (Wildman–Crippen MR) is 134 cm³/mol. The number of urea groups is 1. The summed E-state index contributed by atoms with van der Waals surface area (Å²) in [4.78, 5) is 16.7. The highest BCUT2D eigenvalue weighted by atomic mass is 16.5. The molecule has 178 valence electrons. The fourth-order valence-electron chi connectivity index (χ4n) is 4.09. The fourth-order valence-corrected chi connectivity index (χ4v) is 4.09. The van der Waals surface area contributed by atoms with E-state index < -0.39 is 0 Å². The second kappa shape index (κ2) is 9.99. The number of anilines is 2. The van der Waals surface area contributed by atoms with Gasteiger partial charge in [0.15, 0.2) is 5.82 Å². The van der Waals surface area contributed by atoms with Gasteiger partial charge in [-0.25, -0.2) is 4.79 Å². The zero-order valence-electron chi connectivity index (χ0n) is 20.4. The van der Waals surface area contributed by atoms with Crippen molar-refractivity contribution in [3.05, 3.63) is 59.2 Å². The van der Waals surface area contributed by atoms with Gasteiger partial charge in [-0.3, -0.25) is 0 Å². The molecule has 0 radical (unpaired) electrons. The minimum absolute atomic E-state index is 0.151. The van der Waals surface area contributed by atoms with Gasteiger partial charge in [-0.15, -0.1) is 10.2 Å². The normalized spacial score (nSPS) is 13.6. The van der Waals surface area contributed by atoms with E-state index in [4.69, 9.17) is 9.47 Å². The SMILES string of the molecule is COc1cc(NC(=O)N2CCN(c3ccc(-c4cc(C)c(C)cc4C)nn3)CC2)cc(OC)c1. The molecule has 4 rings (SSSR count). The van der Waals surface area contributed by atoms with Gasteiger partial charge in [0.25, 0.3) is 0 Å². The molecule has 0 bridgehead atoms. The number of aryl methyl sites for hydroxylation is 3. The molecule has 0 aliphatic carbocycles. The fraction of sp³-hybridized carbons (Fsp3) is 0.346. The van der Waals surface area contributed by atoms with Crippen molar-refractivity contribution in [1.29, 1.82) is 0 Å². The lowest BCUT2D eigenvalue weighted by atomic mass is 9.99. The third-order valence-corrected chi connectivity index (χ3v) is 6.26. The van der Waals surface area contributed by atoms with Gasteiger partial charge in [0.05, 0.1) is 19.9 Å². The lowest BCUT2D eigenvalue weighted by Gasteiger charge is -2.35. The first kappa shape index (κ1) is 23.4. The zero-order chi connectivity index (χ0) is 24.2. The van der Waals surface area contributed by atoms with Crippen LogP contribution in [-0.2, 0) is 0 Å². The highest BCUT2D eigenvalue weighted by Crippen LogP contribution is 2.27. The maximum absolute atomic E-state index is 12.8. The van der Waals surface area contributed by atoms with Crippen molar-refractivity contribution in [2.24, 2.45) is 0 Å². The zero-order valence-corrected chi connectivity index (χ0v) is 20.4. The van der Waals surface area contributed by atoms with Crippen molar-refractivity contribution >= 4 is 17.5 Å². The Hall–Kier alpha value is -3.81. The van der Waals surface area contributed by atoms with Crippen LogP contribution in [0.25, 0.3) is 11.3 Å². The maximum atomic E-state index is 12.8. The molecule has 8 heteroatoms. The highest BCUT2D eigenvalue weighted by Gasteiger charge is 2.22. The van der Waals surface area contributed by atoms with E-state index in [9.17, 15) is 4.79 Å². The molecule has 0 atom stereocenters. The molecule has 34 heavy (non-hydrogen) atoms. The number of aromatic nitrogens is 2. The number of hydrogen-bond donors (Lipinski definition) is 1. The molecule has 2 aromatic carbocycles. The van der Waals surface area contributed by atoms with Gasteiger partial charge >= 0.3 is 6.03 Å². The summed E-state index contributed by atoms with van der Waals surface area (Å²) in [5.74, 6) is 2.07. The van der Waals surface area contributed by atoms with Crippen molar-refractivity contribution in [2.45, 2.75) is 20.8 Å². The Morgan fingerprint density at radius 3 is 2.06 bits per heavy atom. The lowest BCUT2D eigenvalue weighted by Crippen LogP contribution is -2.50. The summed E-state index contributed by atoms with van der Waals surface area (Å²) in [6, 6.07) is 13.5. The first-order chi connectivity index (χ1) is 16.4. The topological polar surface area (TPSA) is 79.8 Å². The molecule has 1 aliphatic rings. The van der Waals surface area contributed by atoms with Crippen LogP contribution in [0.15, 0.2) is 42.5 Å². The summed E-state index contributed by atoms with van der Waals surface area (Å²) in [6.45, 7) is 8.88. The molecule has 0 unspecified atom stereocenters. The van der Waals surface area contributed by atoms with Gasteiger partial charge < -0.3 is 24.6 Å². The van der Waals surface area contributed by atoms with Crippen LogP contribution < -0.4 is 19.7 Å². The number of carbonyl (C=O) groups is 1. The molecule has 0 spiro atoms. The van der Waals surface area contributed by atoms with E-state index in [0.717, 1.165) is 17.1 Å². The number of carbonyl (C=O) groups excluding carboxylic acids is 1. The van der Waals surface area contributed by atoms with Gasteiger partial charge in [-0.2, -0.15) is 0 Å². The second-order valence-electron chi connectivity index (χ2n) is 8.53. The van der Waals surface area contributed by atoms with Crippen LogP contribution in [0.4, 0.5) is 16.3 Å². The van der Waals surface area contributed by atoms with E-state index in [1.54, 1.807) is 37.3 Å². The quantitative estimate of drug-likeness (QED) is 0.605. The van der Waals surface area contributed by atoms with Crippen LogP contribution >= 0.6 is 0 Å². The summed E-state index contributed by atoms with van der Waals surface area (Å²) in [6.07, 6.45) is 0. The molecule has 1 aromatic heterocycles. The van der Waals surface area contributed by atoms with E-state index in [1.807, 2.05) is 12.1 Å². The predicted octanol–water partition coefficient (Wildman–Crippen LogP) is 4.44. The average Bonchev–Trinajstić information content (AvgIpc) is 2.86. The number of nitrogens with zero attached hydrogens (tertiary/aromatic N) is 4. The molecular weight excluding hydrogens is 430 g/mol. The second-order valence-corrected chi connectivity index (χ2v) is 8.53. The Bertz CT molecular complexity index is 1150. The smallest absolute Gasteiger partial charge is 0.321 e. The molecule has 3 aromatic rings. The van der Waals surface area contributed by atoms with Crippen molar-refractivity contribution in [1.82, 2.24) is 15.1 Å².